The first kappa shape index (κ1) is 25.2. The van der Waals surface area contributed by atoms with Crippen molar-refractivity contribution in [3.8, 4) is 0 Å². The average molecular weight is 452 g/mol. The largest absolute Gasteiger partial charge is 0.464 e. The van der Waals surface area contributed by atoms with Crippen LogP contribution >= 0.6 is 0 Å². The Labute approximate surface area is 185 Å². The molecule has 174 valence electrons. The minimum absolute atomic E-state index is 0.143. The van der Waals surface area contributed by atoms with Gasteiger partial charge in [0, 0.05) is 29.9 Å². The standard InChI is InChI=1S/C23H27F3N2O4/c1-6-11-27(21(30)16-9-8-10-17(12-16)23(24,25)26)13-18(29)19-14(3)20(22(31)32-5)28(7-2)15(19)4/h8-10,12H,6-7,11,13H2,1-5H3. The molecule has 2 rings (SSSR count). The number of hydrogen-bond donors (Lipinski definition) is 0. The van der Waals surface area contributed by atoms with Crippen molar-refractivity contribution in [3.63, 3.8) is 0 Å². The summed E-state index contributed by atoms with van der Waals surface area (Å²) >= 11 is 0. The maximum absolute atomic E-state index is 13.2. The number of hydrogen-bond acceptors (Lipinski definition) is 4. The van der Waals surface area contributed by atoms with Crippen LogP contribution in [0.3, 0.4) is 0 Å². The van der Waals surface area contributed by atoms with Crippen LogP contribution < -0.4 is 0 Å². The first-order valence-electron chi connectivity index (χ1n) is 10.3. The highest BCUT2D eigenvalue weighted by Crippen LogP contribution is 2.30. The number of nitrogens with zero attached hydrogens (tertiary/aromatic N) is 2. The summed E-state index contributed by atoms with van der Waals surface area (Å²) in [6, 6.07) is 4.14. The highest BCUT2D eigenvalue weighted by Gasteiger charge is 2.32. The molecule has 0 saturated carbocycles. The van der Waals surface area contributed by atoms with Crippen molar-refractivity contribution >= 4 is 17.7 Å². The molecule has 0 spiro atoms. The number of rotatable bonds is 8. The molecular formula is C23H27F3N2O4. The molecule has 2 aromatic rings. The van der Waals surface area contributed by atoms with Gasteiger partial charge >= 0.3 is 12.1 Å². The predicted molar refractivity (Wildman–Crippen MR) is 113 cm³/mol. The Morgan fingerprint density at radius 2 is 1.78 bits per heavy atom. The van der Waals surface area contributed by atoms with E-state index in [-0.39, 0.29) is 24.3 Å². The second-order valence-electron chi connectivity index (χ2n) is 7.40. The van der Waals surface area contributed by atoms with E-state index < -0.39 is 29.4 Å². The number of carbonyl (C=O) groups excluding carboxylic acids is 3. The maximum Gasteiger partial charge on any atom is 0.416 e. The number of aromatic nitrogens is 1. The van der Waals surface area contributed by atoms with Gasteiger partial charge in [0.1, 0.15) is 5.69 Å². The van der Waals surface area contributed by atoms with Crippen molar-refractivity contribution in [2.45, 2.75) is 46.8 Å². The van der Waals surface area contributed by atoms with Crippen molar-refractivity contribution in [1.82, 2.24) is 9.47 Å². The van der Waals surface area contributed by atoms with Crippen LogP contribution in [0.2, 0.25) is 0 Å². The van der Waals surface area contributed by atoms with Crippen LogP contribution in [0.5, 0.6) is 0 Å². The molecule has 0 unspecified atom stereocenters. The van der Waals surface area contributed by atoms with E-state index in [0.717, 1.165) is 12.1 Å². The zero-order valence-electron chi connectivity index (χ0n) is 18.8. The third-order valence-corrected chi connectivity index (χ3v) is 5.29. The Hall–Kier alpha value is -3.10. The second kappa shape index (κ2) is 10.0. The summed E-state index contributed by atoms with van der Waals surface area (Å²) in [4.78, 5) is 39.6. The van der Waals surface area contributed by atoms with E-state index >= 15 is 0 Å². The molecule has 0 N–H and O–H groups in total. The molecule has 32 heavy (non-hydrogen) atoms. The van der Waals surface area contributed by atoms with Gasteiger partial charge in [0.2, 0.25) is 0 Å². The van der Waals surface area contributed by atoms with Gasteiger partial charge in [0.15, 0.2) is 5.78 Å². The van der Waals surface area contributed by atoms with Crippen LogP contribution in [0, 0.1) is 13.8 Å². The summed E-state index contributed by atoms with van der Waals surface area (Å²) in [5.74, 6) is -1.63. The van der Waals surface area contributed by atoms with E-state index in [4.69, 9.17) is 4.74 Å². The number of esters is 1. The van der Waals surface area contributed by atoms with E-state index in [1.165, 1.54) is 24.1 Å². The van der Waals surface area contributed by atoms with Crippen molar-refractivity contribution in [3.05, 3.63) is 57.9 Å². The molecule has 1 heterocycles. The fraction of sp³-hybridized carbons (Fsp3) is 0.435. The predicted octanol–water partition coefficient (Wildman–Crippen LogP) is 4.67. The van der Waals surface area contributed by atoms with E-state index in [2.05, 4.69) is 0 Å². The van der Waals surface area contributed by atoms with Gasteiger partial charge in [-0.1, -0.05) is 13.0 Å². The summed E-state index contributed by atoms with van der Waals surface area (Å²) in [6.45, 7) is 7.28. The fourth-order valence-corrected chi connectivity index (χ4v) is 3.85. The smallest absolute Gasteiger partial charge is 0.416 e. The Morgan fingerprint density at radius 3 is 2.31 bits per heavy atom. The van der Waals surface area contributed by atoms with Gasteiger partial charge in [-0.15, -0.1) is 0 Å². The number of methoxy groups -OCH3 is 1. The van der Waals surface area contributed by atoms with Crippen molar-refractivity contribution in [2.75, 3.05) is 20.2 Å². The summed E-state index contributed by atoms with van der Waals surface area (Å²) < 4.78 is 45.7. The molecular weight excluding hydrogens is 425 g/mol. The number of carbonyl (C=O) groups is 3. The minimum Gasteiger partial charge on any atom is -0.464 e. The molecule has 0 bridgehead atoms. The van der Waals surface area contributed by atoms with E-state index in [1.54, 1.807) is 25.3 Å². The number of benzene rings is 1. The first-order chi connectivity index (χ1) is 15.0. The Kier molecular flexibility index (Phi) is 7.87. The fourth-order valence-electron chi connectivity index (χ4n) is 3.85. The highest BCUT2D eigenvalue weighted by atomic mass is 19.4. The van der Waals surface area contributed by atoms with Gasteiger partial charge in [0.05, 0.1) is 19.2 Å². The van der Waals surface area contributed by atoms with Gasteiger partial charge in [0.25, 0.3) is 5.91 Å². The number of amides is 1. The molecule has 1 amide bonds. The van der Waals surface area contributed by atoms with Crippen LogP contribution in [-0.2, 0) is 17.5 Å². The average Bonchev–Trinajstić information content (AvgIpc) is 3.01. The Balaban J connectivity index is 2.41. The van der Waals surface area contributed by atoms with Gasteiger partial charge in [-0.25, -0.2) is 4.79 Å². The minimum atomic E-state index is -4.58. The molecule has 1 aromatic heterocycles. The number of halogens is 3. The topological polar surface area (TPSA) is 68.6 Å². The Bertz CT molecular complexity index is 1020. The van der Waals surface area contributed by atoms with Crippen LogP contribution in [0.25, 0.3) is 0 Å². The lowest BCUT2D eigenvalue weighted by molar-refractivity contribution is -0.137. The summed E-state index contributed by atoms with van der Waals surface area (Å²) in [5.41, 5.74) is 0.520. The summed E-state index contributed by atoms with van der Waals surface area (Å²) in [7, 11) is 1.25. The monoisotopic (exact) mass is 452 g/mol. The van der Waals surface area contributed by atoms with Crippen LogP contribution in [0.4, 0.5) is 13.2 Å². The molecule has 0 saturated heterocycles. The molecule has 0 radical (unpaired) electrons. The third-order valence-electron chi connectivity index (χ3n) is 5.29. The van der Waals surface area contributed by atoms with Crippen LogP contribution in [0.1, 0.15) is 68.3 Å². The van der Waals surface area contributed by atoms with Crippen LogP contribution in [0.15, 0.2) is 24.3 Å². The lowest BCUT2D eigenvalue weighted by atomic mass is 10.0. The van der Waals surface area contributed by atoms with Crippen molar-refractivity contribution in [1.29, 1.82) is 0 Å². The van der Waals surface area contributed by atoms with E-state index in [1.807, 2.05) is 6.92 Å². The normalized spacial score (nSPS) is 11.4. The second-order valence-corrected chi connectivity index (χ2v) is 7.40. The highest BCUT2D eigenvalue weighted by molar-refractivity contribution is 6.06. The van der Waals surface area contributed by atoms with Crippen molar-refractivity contribution < 1.29 is 32.3 Å². The zero-order chi connectivity index (χ0) is 24.2. The lowest BCUT2D eigenvalue weighted by Crippen LogP contribution is -2.36. The molecule has 1 aromatic carbocycles. The molecule has 9 heteroatoms. The Morgan fingerprint density at radius 1 is 1.12 bits per heavy atom. The number of ether oxygens (including phenoxy) is 1. The quantitative estimate of drug-likeness (QED) is 0.431. The number of alkyl halides is 3. The van der Waals surface area contributed by atoms with Gasteiger partial charge in [-0.3, -0.25) is 9.59 Å². The van der Waals surface area contributed by atoms with Crippen LogP contribution in [-0.4, -0.2) is 47.3 Å². The molecule has 0 aliphatic rings. The van der Waals surface area contributed by atoms with Crippen molar-refractivity contribution in [2.24, 2.45) is 0 Å². The molecule has 0 fully saturated rings. The molecule has 0 aliphatic heterocycles. The third kappa shape index (κ3) is 5.03. The first-order valence-corrected chi connectivity index (χ1v) is 10.3. The lowest BCUT2D eigenvalue weighted by Gasteiger charge is -2.22. The van der Waals surface area contributed by atoms with E-state index in [0.29, 0.717) is 29.8 Å². The van der Waals surface area contributed by atoms with E-state index in [9.17, 15) is 27.6 Å². The SMILES string of the molecule is CCCN(CC(=O)c1c(C)c(C(=O)OC)n(CC)c1C)C(=O)c1cccc(C(F)(F)F)c1. The van der Waals surface area contributed by atoms with Gasteiger partial charge in [-0.05, 0) is 51.0 Å². The zero-order valence-corrected chi connectivity index (χ0v) is 18.8. The maximum atomic E-state index is 13.2. The number of Topliss-reactive ketones (excluding diaryl/α,β-unsaturated/α-hetero) is 1. The molecule has 6 nitrogen and oxygen atoms in total. The molecule has 0 aliphatic carbocycles. The summed E-state index contributed by atoms with van der Waals surface area (Å²) in [6.07, 6.45) is -4.07. The molecule has 0 atom stereocenters. The van der Waals surface area contributed by atoms with Gasteiger partial charge < -0.3 is 14.2 Å². The summed E-state index contributed by atoms with van der Waals surface area (Å²) in [5, 5.41) is 0. The van der Waals surface area contributed by atoms with Gasteiger partial charge in [-0.2, -0.15) is 13.2 Å². The number of ketones is 1.